The quantitative estimate of drug-likeness (QED) is 0.848. The van der Waals surface area contributed by atoms with E-state index in [4.69, 9.17) is 4.52 Å². The molecule has 0 unspecified atom stereocenters. The Morgan fingerprint density at radius 2 is 2.00 bits per heavy atom. The molecule has 2 aromatic heterocycles. The molecular weight excluding hydrogens is 308 g/mol. The van der Waals surface area contributed by atoms with E-state index in [-0.39, 0.29) is 11.9 Å². The van der Waals surface area contributed by atoms with Crippen LogP contribution in [0.5, 0.6) is 0 Å². The Balaban J connectivity index is 1.52. The van der Waals surface area contributed by atoms with Gasteiger partial charge >= 0.3 is 0 Å². The zero-order chi connectivity index (χ0) is 16.5. The predicted octanol–water partition coefficient (Wildman–Crippen LogP) is 1.75. The van der Waals surface area contributed by atoms with Crippen molar-refractivity contribution in [2.24, 2.45) is 0 Å². The first-order valence-electron chi connectivity index (χ1n) is 8.42. The molecule has 4 heterocycles. The van der Waals surface area contributed by atoms with Crippen molar-refractivity contribution >= 4 is 11.7 Å². The van der Waals surface area contributed by atoms with Crippen LogP contribution < -0.4 is 4.90 Å². The Bertz CT molecular complexity index is 722. The Morgan fingerprint density at radius 3 is 2.67 bits per heavy atom. The standard InChI is InChI=1S/C16H20N6O2/c1-11-17-15(20-24-11)13-5-4-10-22(13)16(23)12-6-7-14(19-18-12)21-8-2-3-9-21/h6-7,13H,2-5,8-10H2,1H3/t13-/m0/s1. The van der Waals surface area contributed by atoms with Crippen LogP contribution in [0.3, 0.4) is 0 Å². The minimum atomic E-state index is -0.144. The van der Waals surface area contributed by atoms with E-state index in [0.717, 1.165) is 31.7 Å². The third-order valence-corrected chi connectivity index (χ3v) is 4.65. The van der Waals surface area contributed by atoms with E-state index in [1.807, 2.05) is 6.07 Å². The van der Waals surface area contributed by atoms with Crippen LogP contribution in [0.4, 0.5) is 5.82 Å². The summed E-state index contributed by atoms with van der Waals surface area (Å²) >= 11 is 0. The molecule has 2 aliphatic rings. The molecule has 2 fully saturated rings. The number of aryl methyl sites for hydroxylation is 1. The average molecular weight is 328 g/mol. The van der Waals surface area contributed by atoms with Crippen molar-refractivity contribution in [1.29, 1.82) is 0 Å². The summed E-state index contributed by atoms with van der Waals surface area (Å²) in [6.07, 6.45) is 4.12. The third kappa shape index (κ3) is 2.72. The molecule has 1 atom stereocenters. The Hall–Kier alpha value is -2.51. The maximum Gasteiger partial charge on any atom is 0.274 e. The van der Waals surface area contributed by atoms with Gasteiger partial charge in [0.25, 0.3) is 5.91 Å². The van der Waals surface area contributed by atoms with Crippen molar-refractivity contribution < 1.29 is 9.32 Å². The van der Waals surface area contributed by atoms with Gasteiger partial charge in [-0.25, -0.2) is 0 Å². The third-order valence-electron chi connectivity index (χ3n) is 4.65. The smallest absolute Gasteiger partial charge is 0.274 e. The lowest BCUT2D eigenvalue weighted by molar-refractivity contribution is 0.0721. The summed E-state index contributed by atoms with van der Waals surface area (Å²) in [5.41, 5.74) is 0.366. The highest BCUT2D eigenvalue weighted by Gasteiger charge is 2.34. The molecule has 0 aromatic carbocycles. The van der Waals surface area contributed by atoms with Gasteiger partial charge in [0, 0.05) is 26.6 Å². The first-order valence-corrected chi connectivity index (χ1v) is 8.42. The fourth-order valence-corrected chi connectivity index (χ4v) is 3.43. The first kappa shape index (κ1) is 15.0. The second-order valence-corrected chi connectivity index (χ2v) is 6.30. The van der Waals surface area contributed by atoms with Crippen LogP contribution in [0.15, 0.2) is 16.7 Å². The van der Waals surface area contributed by atoms with E-state index < -0.39 is 0 Å². The van der Waals surface area contributed by atoms with Crippen LogP contribution >= 0.6 is 0 Å². The van der Waals surface area contributed by atoms with Crippen LogP contribution in [0.1, 0.15) is 53.9 Å². The summed E-state index contributed by atoms with van der Waals surface area (Å²) in [5.74, 6) is 1.80. The lowest BCUT2D eigenvalue weighted by Crippen LogP contribution is -2.32. The van der Waals surface area contributed by atoms with Crippen molar-refractivity contribution in [1.82, 2.24) is 25.2 Å². The average Bonchev–Trinajstić information content (AvgIpc) is 3.35. The van der Waals surface area contributed by atoms with Crippen molar-refractivity contribution in [2.45, 2.75) is 38.6 Å². The number of carbonyl (C=O) groups is 1. The Labute approximate surface area is 139 Å². The normalized spacial score (nSPS) is 20.8. The molecule has 0 N–H and O–H groups in total. The number of carbonyl (C=O) groups excluding carboxylic acids is 1. The molecule has 4 rings (SSSR count). The molecule has 8 heteroatoms. The Kier molecular flexibility index (Phi) is 3.87. The Morgan fingerprint density at radius 1 is 1.17 bits per heavy atom. The van der Waals surface area contributed by atoms with Gasteiger partial charge in [0.2, 0.25) is 5.89 Å². The van der Waals surface area contributed by atoms with E-state index >= 15 is 0 Å². The number of rotatable bonds is 3. The van der Waals surface area contributed by atoms with E-state index in [1.165, 1.54) is 12.8 Å². The van der Waals surface area contributed by atoms with Gasteiger partial charge in [0.1, 0.15) is 0 Å². The van der Waals surface area contributed by atoms with Gasteiger partial charge < -0.3 is 14.3 Å². The van der Waals surface area contributed by atoms with Crippen molar-refractivity contribution in [3.05, 3.63) is 29.5 Å². The number of anilines is 1. The molecule has 2 aliphatic heterocycles. The lowest BCUT2D eigenvalue weighted by Gasteiger charge is -2.22. The largest absolute Gasteiger partial charge is 0.355 e. The second-order valence-electron chi connectivity index (χ2n) is 6.30. The number of aromatic nitrogens is 4. The van der Waals surface area contributed by atoms with Gasteiger partial charge in [0.15, 0.2) is 17.3 Å². The zero-order valence-corrected chi connectivity index (χ0v) is 13.7. The van der Waals surface area contributed by atoms with Gasteiger partial charge in [-0.3, -0.25) is 4.79 Å². The first-order chi connectivity index (χ1) is 11.7. The van der Waals surface area contributed by atoms with Crippen LogP contribution in [-0.4, -0.2) is 50.8 Å². The van der Waals surface area contributed by atoms with Gasteiger partial charge in [-0.2, -0.15) is 4.98 Å². The highest BCUT2D eigenvalue weighted by Crippen LogP contribution is 2.31. The SMILES string of the molecule is Cc1nc([C@@H]2CCCN2C(=O)c2ccc(N3CCCC3)nn2)no1. The summed E-state index contributed by atoms with van der Waals surface area (Å²) in [6.45, 7) is 4.44. The van der Waals surface area contributed by atoms with E-state index in [9.17, 15) is 4.79 Å². The molecule has 24 heavy (non-hydrogen) atoms. The highest BCUT2D eigenvalue weighted by molar-refractivity contribution is 5.92. The molecule has 126 valence electrons. The molecule has 8 nitrogen and oxygen atoms in total. The van der Waals surface area contributed by atoms with Gasteiger partial charge in [-0.15, -0.1) is 10.2 Å². The maximum absolute atomic E-state index is 12.8. The topological polar surface area (TPSA) is 88.3 Å². The van der Waals surface area contributed by atoms with E-state index in [1.54, 1.807) is 17.9 Å². The van der Waals surface area contributed by atoms with Crippen LogP contribution in [-0.2, 0) is 0 Å². The number of nitrogens with zero attached hydrogens (tertiary/aromatic N) is 6. The van der Waals surface area contributed by atoms with Gasteiger partial charge in [-0.1, -0.05) is 5.16 Å². The predicted molar refractivity (Wildman–Crippen MR) is 85.5 cm³/mol. The fourth-order valence-electron chi connectivity index (χ4n) is 3.43. The molecule has 0 bridgehead atoms. The van der Waals surface area contributed by atoms with E-state index in [0.29, 0.717) is 24.0 Å². The molecule has 0 radical (unpaired) electrons. The summed E-state index contributed by atoms with van der Waals surface area (Å²) in [7, 11) is 0. The monoisotopic (exact) mass is 328 g/mol. The van der Waals surface area contributed by atoms with Crippen LogP contribution in [0, 0.1) is 6.92 Å². The highest BCUT2D eigenvalue weighted by atomic mass is 16.5. The summed E-state index contributed by atoms with van der Waals surface area (Å²) in [6, 6.07) is 3.50. The minimum Gasteiger partial charge on any atom is -0.355 e. The number of hydrogen-bond donors (Lipinski definition) is 0. The number of amides is 1. The van der Waals surface area contributed by atoms with Crippen LogP contribution in [0.2, 0.25) is 0 Å². The van der Waals surface area contributed by atoms with Gasteiger partial charge in [-0.05, 0) is 37.8 Å². The molecular formula is C16H20N6O2. The molecule has 1 amide bonds. The second kappa shape index (κ2) is 6.18. The lowest BCUT2D eigenvalue weighted by atomic mass is 10.2. The fraction of sp³-hybridized carbons (Fsp3) is 0.562. The maximum atomic E-state index is 12.8. The van der Waals surface area contributed by atoms with Crippen molar-refractivity contribution in [3.63, 3.8) is 0 Å². The zero-order valence-electron chi connectivity index (χ0n) is 13.7. The summed E-state index contributed by atoms with van der Waals surface area (Å²) in [5, 5.41) is 12.4. The number of likely N-dealkylation sites (tertiary alicyclic amines) is 1. The summed E-state index contributed by atoms with van der Waals surface area (Å²) < 4.78 is 5.05. The van der Waals surface area contributed by atoms with Crippen LogP contribution in [0.25, 0.3) is 0 Å². The number of hydrogen-bond acceptors (Lipinski definition) is 7. The van der Waals surface area contributed by atoms with E-state index in [2.05, 4.69) is 25.2 Å². The summed E-state index contributed by atoms with van der Waals surface area (Å²) in [4.78, 5) is 21.0. The minimum absolute atomic E-state index is 0.125. The van der Waals surface area contributed by atoms with Crippen molar-refractivity contribution in [3.8, 4) is 0 Å². The molecule has 0 saturated carbocycles. The van der Waals surface area contributed by atoms with Crippen molar-refractivity contribution in [2.75, 3.05) is 24.5 Å². The molecule has 2 saturated heterocycles. The molecule has 0 spiro atoms. The molecule has 2 aromatic rings. The van der Waals surface area contributed by atoms with Gasteiger partial charge in [0.05, 0.1) is 6.04 Å². The molecule has 0 aliphatic carbocycles.